The van der Waals surface area contributed by atoms with Gasteiger partial charge in [0.2, 0.25) is 0 Å². The first kappa shape index (κ1) is 25.3. The van der Waals surface area contributed by atoms with Crippen LogP contribution < -0.4 is 4.87 Å². The molecule has 1 aromatic heterocycles. The lowest BCUT2D eigenvalue weighted by Gasteiger charge is -2.31. The number of rotatable bonds is 10. The lowest BCUT2D eigenvalue weighted by atomic mass is 9.89. The summed E-state index contributed by atoms with van der Waals surface area (Å²) in [5.74, 6) is 0.382. The Balaban J connectivity index is 1.10. The number of likely N-dealkylation sites (tertiary alicyclic amines) is 1. The summed E-state index contributed by atoms with van der Waals surface area (Å²) in [4.78, 5) is 30.5. The number of hydrogen-bond acceptors (Lipinski definition) is 6. The molecule has 0 N–H and O–H groups in total. The summed E-state index contributed by atoms with van der Waals surface area (Å²) in [5.41, 5.74) is 3.20. The topological polar surface area (TPSA) is 54.8 Å². The second-order valence-electron chi connectivity index (χ2n) is 10.1. The third kappa shape index (κ3) is 6.32. The molecule has 0 amide bonds. The molecule has 0 saturated carbocycles. The van der Waals surface area contributed by atoms with E-state index in [4.69, 9.17) is 4.74 Å². The number of nitrogens with zero attached hydrogens (tertiary/aromatic N) is 3. The van der Waals surface area contributed by atoms with Crippen molar-refractivity contribution in [3.05, 3.63) is 69.3 Å². The van der Waals surface area contributed by atoms with E-state index in [0.717, 1.165) is 87.5 Å². The average Bonchev–Trinajstić information content (AvgIpc) is 3.25. The van der Waals surface area contributed by atoms with Gasteiger partial charge in [0.15, 0.2) is 5.78 Å². The fourth-order valence-corrected chi connectivity index (χ4v) is 6.45. The summed E-state index contributed by atoms with van der Waals surface area (Å²) in [6, 6.07) is 16.2. The fourth-order valence-electron chi connectivity index (χ4n) is 5.47. The van der Waals surface area contributed by atoms with Crippen LogP contribution in [0.25, 0.3) is 10.2 Å². The first-order chi connectivity index (χ1) is 17.7. The molecule has 0 spiro atoms. The molecule has 2 aliphatic heterocycles. The molecule has 0 aliphatic carbocycles. The third-order valence-electron chi connectivity index (χ3n) is 7.68. The number of carbonyl (C=O) groups excluding carboxylic acids is 1. The van der Waals surface area contributed by atoms with Crippen molar-refractivity contribution < 1.29 is 9.53 Å². The van der Waals surface area contributed by atoms with Gasteiger partial charge in [0, 0.05) is 37.7 Å². The van der Waals surface area contributed by atoms with Gasteiger partial charge in [0.25, 0.3) is 0 Å². The third-order valence-corrected chi connectivity index (χ3v) is 8.62. The second-order valence-corrected chi connectivity index (χ2v) is 11.1. The Kier molecular flexibility index (Phi) is 8.64. The number of thiazole rings is 1. The Morgan fingerprint density at radius 1 is 0.889 bits per heavy atom. The number of aryl methyl sites for hydroxylation is 1. The second kappa shape index (κ2) is 12.3. The van der Waals surface area contributed by atoms with Crippen molar-refractivity contribution in [3.63, 3.8) is 0 Å². The molecule has 2 aliphatic rings. The molecular weight excluding hydrogens is 470 g/mol. The smallest absolute Gasteiger partial charge is 0.308 e. The van der Waals surface area contributed by atoms with Gasteiger partial charge in [-0.15, -0.1) is 0 Å². The van der Waals surface area contributed by atoms with Crippen LogP contribution in [0.1, 0.15) is 41.6 Å². The van der Waals surface area contributed by atoms with Crippen LogP contribution >= 0.6 is 11.3 Å². The van der Waals surface area contributed by atoms with Crippen LogP contribution in [-0.4, -0.2) is 72.6 Å². The van der Waals surface area contributed by atoms with E-state index < -0.39 is 0 Å². The number of Topliss-reactive ketones (excluding diaryl/α,β-unsaturated/α-hetero) is 1. The zero-order valence-corrected chi connectivity index (χ0v) is 21.9. The number of morpholine rings is 1. The summed E-state index contributed by atoms with van der Waals surface area (Å²) in [7, 11) is 0. The Hall–Kier alpha value is -2.32. The van der Waals surface area contributed by atoms with E-state index in [1.165, 1.54) is 29.7 Å². The number of piperidine rings is 1. The molecule has 6 nitrogen and oxygen atoms in total. The maximum absolute atomic E-state index is 12.8. The summed E-state index contributed by atoms with van der Waals surface area (Å²) in [6.45, 7) is 8.35. The van der Waals surface area contributed by atoms with Crippen molar-refractivity contribution in [2.24, 2.45) is 5.92 Å². The van der Waals surface area contributed by atoms with Crippen molar-refractivity contribution in [2.45, 2.75) is 38.6 Å². The largest absolute Gasteiger partial charge is 0.379 e. The molecule has 0 unspecified atom stereocenters. The number of benzene rings is 2. The van der Waals surface area contributed by atoms with Crippen molar-refractivity contribution in [1.82, 2.24) is 14.4 Å². The summed E-state index contributed by atoms with van der Waals surface area (Å²) in [6.07, 6.45) is 5.21. The van der Waals surface area contributed by atoms with Gasteiger partial charge in [-0.1, -0.05) is 47.7 Å². The minimum Gasteiger partial charge on any atom is -0.379 e. The average molecular weight is 508 g/mol. The minimum absolute atomic E-state index is 0.112. The molecule has 2 fully saturated rings. The van der Waals surface area contributed by atoms with Gasteiger partial charge in [-0.25, -0.2) is 0 Å². The molecule has 3 aromatic rings. The molecule has 192 valence electrons. The van der Waals surface area contributed by atoms with E-state index in [1.807, 2.05) is 34.9 Å². The van der Waals surface area contributed by atoms with Crippen LogP contribution in [0.4, 0.5) is 0 Å². The van der Waals surface area contributed by atoms with Crippen molar-refractivity contribution in [3.8, 4) is 0 Å². The van der Waals surface area contributed by atoms with E-state index in [9.17, 15) is 9.59 Å². The predicted molar refractivity (Wildman–Crippen MR) is 146 cm³/mol. The highest BCUT2D eigenvalue weighted by atomic mass is 32.1. The quantitative estimate of drug-likeness (QED) is 0.302. The van der Waals surface area contributed by atoms with Gasteiger partial charge in [0.05, 0.1) is 23.4 Å². The van der Waals surface area contributed by atoms with Crippen LogP contribution in [0.2, 0.25) is 0 Å². The van der Waals surface area contributed by atoms with E-state index in [-0.39, 0.29) is 16.6 Å². The minimum atomic E-state index is 0.112. The van der Waals surface area contributed by atoms with Gasteiger partial charge in [-0.05, 0) is 69.4 Å². The zero-order chi connectivity index (χ0) is 24.7. The number of aromatic nitrogens is 1. The van der Waals surface area contributed by atoms with E-state index in [1.54, 1.807) is 0 Å². The zero-order valence-electron chi connectivity index (χ0n) is 21.1. The Labute approximate surface area is 217 Å². The van der Waals surface area contributed by atoms with E-state index >= 15 is 0 Å². The Bertz CT molecular complexity index is 1190. The van der Waals surface area contributed by atoms with Crippen LogP contribution in [0, 0.1) is 5.92 Å². The molecule has 3 heterocycles. The highest BCUT2D eigenvalue weighted by Crippen LogP contribution is 2.23. The van der Waals surface area contributed by atoms with Gasteiger partial charge < -0.3 is 9.64 Å². The van der Waals surface area contributed by atoms with Crippen LogP contribution in [-0.2, 0) is 17.7 Å². The predicted octanol–water partition coefficient (Wildman–Crippen LogP) is 4.31. The van der Waals surface area contributed by atoms with Crippen LogP contribution in [0.15, 0.2) is 53.3 Å². The SMILES string of the molecule is O=C(c1ccccc1)C1CCN(CCn2c(=O)sc3cc(CCCCN4CCOCC4)ccc32)CC1. The Morgan fingerprint density at radius 3 is 2.42 bits per heavy atom. The maximum Gasteiger partial charge on any atom is 0.308 e. The molecular formula is C29H37N3O3S. The van der Waals surface area contributed by atoms with Crippen molar-refractivity contribution in [1.29, 1.82) is 0 Å². The fraction of sp³-hybridized carbons (Fsp3) is 0.517. The van der Waals surface area contributed by atoms with Crippen LogP contribution in [0.3, 0.4) is 0 Å². The summed E-state index contributed by atoms with van der Waals surface area (Å²) < 4.78 is 8.45. The Morgan fingerprint density at radius 2 is 1.64 bits per heavy atom. The molecule has 2 aromatic carbocycles. The highest BCUT2D eigenvalue weighted by molar-refractivity contribution is 7.16. The van der Waals surface area contributed by atoms with Gasteiger partial charge in [0.1, 0.15) is 0 Å². The molecule has 36 heavy (non-hydrogen) atoms. The monoisotopic (exact) mass is 507 g/mol. The molecule has 2 saturated heterocycles. The number of carbonyl (C=O) groups is 1. The first-order valence-electron chi connectivity index (χ1n) is 13.4. The number of ketones is 1. The summed E-state index contributed by atoms with van der Waals surface area (Å²) in [5, 5.41) is 0. The molecule has 5 rings (SSSR count). The molecule has 0 radical (unpaired) electrons. The standard InChI is InChI=1S/C29H37N3O3S/c33-28(24-7-2-1-3-8-24)25-11-14-31(15-12-25)16-17-32-26-10-9-23(22-27(26)36-29(32)34)6-4-5-13-30-18-20-35-21-19-30/h1-3,7-10,22,25H,4-6,11-21H2. The van der Waals surface area contributed by atoms with Gasteiger partial charge in [-0.2, -0.15) is 0 Å². The normalized spacial score (nSPS) is 18.1. The number of unbranched alkanes of at least 4 members (excludes halogenated alkanes) is 1. The molecule has 7 heteroatoms. The molecule has 0 bridgehead atoms. The molecule has 0 atom stereocenters. The first-order valence-corrected chi connectivity index (χ1v) is 14.2. The van der Waals surface area contributed by atoms with Crippen molar-refractivity contribution in [2.75, 3.05) is 52.5 Å². The van der Waals surface area contributed by atoms with Gasteiger partial charge in [-0.3, -0.25) is 19.1 Å². The number of fused-ring (bicyclic) bond motifs is 1. The van der Waals surface area contributed by atoms with E-state index in [2.05, 4.69) is 28.0 Å². The van der Waals surface area contributed by atoms with Crippen molar-refractivity contribution >= 4 is 27.3 Å². The van der Waals surface area contributed by atoms with Gasteiger partial charge >= 0.3 is 4.87 Å². The number of hydrogen-bond donors (Lipinski definition) is 0. The lowest BCUT2D eigenvalue weighted by molar-refractivity contribution is 0.0372. The van der Waals surface area contributed by atoms with E-state index in [0.29, 0.717) is 6.54 Å². The lowest BCUT2D eigenvalue weighted by Crippen LogP contribution is -2.38. The summed E-state index contributed by atoms with van der Waals surface area (Å²) >= 11 is 1.37. The highest BCUT2D eigenvalue weighted by Gasteiger charge is 2.25. The number of ether oxygens (including phenoxy) is 1. The van der Waals surface area contributed by atoms with Crippen LogP contribution in [0.5, 0.6) is 0 Å². The maximum atomic E-state index is 12.8.